The lowest BCUT2D eigenvalue weighted by atomic mass is 9.88. The second-order valence-electron chi connectivity index (χ2n) is 4.27. The van der Waals surface area contributed by atoms with Crippen molar-refractivity contribution >= 4 is 5.91 Å². The predicted molar refractivity (Wildman–Crippen MR) is 59.7 cm³/mol. The van der Waals surface area contributed by atoms with Crippen LogP contribution >= 0.6 is 0 Å². The third kappa shape index (κ3) is 3.18. The monoisotopic (exact) mass is 214 g/mol. The summed E-state index contributed by atoms with van der Waals surface area (Å²) in [6, 6.07) is 0.358. The third-order valence-electron chi connectivity index (χ3n) is 3.13. The molecule has 0 spiro atoms. The summed E-state index contributed by atoms with van der Waals surface area (Å²) in [5.41, 5.74) is 0. The largest absolute Gasteiger partial charge is 0.381 e. The normalized spacial score (nSPS) is 26.9. The van der Waals surface area contributed by atoms with Gasteiger partial charge in [0, 0.05) is 26.7 Å². The van der Waals surface area contributed by atoms with Gasteiger partial charge in [-0.1, -0.05) is 0 Å². The van der Waals surface area contributed by atoms with E-state index < -0.39 is 0 Å². The Morgan fingerprint density at radius 1 is 1.60 bits per heavy atom. The zero-order chi connectivity index (χ0) is 11.4. The lowest BCUT2D eigenvalue weighted by molar-refractivity contribution is -0.132. The molecule has 88 valence electrons. The van der Waals surface area contributed by atoms with Crippen LogP contribution in [0.2, 0.25) is 0 Å². The Hall–Kier alpha value is -0.610. The maximum absolute atomic E-state index is 11.7. The number of amides is 1. The van der Waals surface area contributed by atoms with Crippen LogP contribution in [-0.4, -0.2) is 49.7 Å². The van der Waals surface area contributed by atoms with E-state index in [-0.39, 0.29) is 11.9 Å². The average Bonchev–Trinajstić information content (AvgIpc) is 2.19. The Balaban J connectivity index is 2.24. The van der Waals surface area contributed by atoms with E-state index in [9.17, 15) is 4.79 Å². The molecule has 1 rings (SSSR count). The standard InChI is InChI=1S/C11H22N2O2/c1-5-13(3)11(14)8(2)12-9-6-10(7-9)15-4/h8-10,12H,5-7H2,1-4H3. The lowest BCUT2D eigenvalue weighted by Crippen LogP contribution is -2.53. The number of nitrogens with zero attached hydrogens (tertiary/aromatic N) is 1. The van der Waals surface area contributed by atoms with Crippen molar-refractivity contribution in [3.8, 4) is 0 Å². The number of carbonyl (C=O) groups excluding carboxylic acids is 1. The maximum Gasteiger partial charge on any atom is 0.239 e. The molecule has 0 heterocycles. The Bertz CT molecular complexity index is 215. The molecule has 0 radical (unpaired) electrons. The van der Waals surface area contributed by atoms with Crippen LogP contribution in [-0.2, 0) is 9.53 Å². The van der Waals surface area contributed by atoms with E-state index in [1.165, 1.54) is 0 Å². The summed E-state index contributed by atoms with van der Waals surface area (Å²) in [7, 11) is 3.57. The van der Waals surface area contributed by atoms with Crippen molar-refractivity contribution in [2.75, 3.05) is 20.7 Å². The molecule has 1 amide bonds. The average molecular weight is 214 g/mol. The van der Waals surface area contributed by atoms with Crippen LogP contribution in [0.25, 0.3) is 0 Å². The molecule has 0 aliphatic heterocycles. The van der Waals surface area contributed by atoms with E-state index in [2.05, 4.69) is 5.32 Å². The SMILES string of the molecule is CCN(C)C(=O)C(C)NC1CC(OC)C1. The molecule has 1 unspecified atom stereocenters. The second-order valence-corrected chi connectivity index (χ2v) is 4.27. The molecule has 0 aromatic carbocycles. The van der Waals surface area contributed by atoms with Crippen LogP contribution in [0.5, 0.6) is 0 Å². The first-order chi connectivity index (χ1) is 7.08. The molecule has 0 aromatic rings. The van der Waals surface area contributed by atoms with Crippen molar-refractivity contribution in [2.45, 2.75) is 44.9 Å². The number of hydrogen-bond donors (Lipinski definition) is 1. The molecule has 0 aromatic heterocycles. The Morgan fingerprint density at radius 3 is 2.67 bits per heavy atom. The van der Waals surface area contributed by atoms with Crippen molar-refractivity contribution in [2.24, 2.45) is 0 Å². The molecular weight excluding hydrogens is 192 g/mol. The summed E-state index contributed by atoms with van der Waals surface area (Å²) in [6.45, 7) is 4.67. The van der Waals surface area contributed by atoms with E-state index in [4.69, 9.17) is 4.74 Å². The van der Waals surface area contributed by atoms with Gasteiger partial charge in [-0.05, 0) is 26.7 Å². The van der Waals surface area contributed by atoms with Gasteiger partial charge in [-0.2, -0.15) is 0 Å². The molecule has 4 nitrogen and oxygen atoms in total. The Morgan fingerprint density at radius 2 is 2.20 bits per heavy atom. The second kappa shape index (κ2) is 5.47. The Kier molecular flexibility index (Phi) is 4.54. The molecule has 1 fully saturated rings. The number of rotatable bonds is 5. The van der Waals surface area contributed by atoms with Gasteiger partial charge in [0.25, 0.3) is 0 Å². The van der Waals surface area contributed by atoms with Gasteiger partial charge in [0.15, 0.2) is 0 Å². The quantitative estimate of drug-likeness (QED) is 0.729. The Labute approximate surface area is 92.0 Å². The molecule has 1 saturated carbocycles. The summed E-state index contributed by atoms with van der Waals surface area (Å²) in [5.74, 6) is 0.165. The van der Waals surface area contributed by atoms with Crippen LogP contribution in [0.4, 0.5) is 0 Å². The first kappa shape index (κ1) is 12.5. The van der Waals surface area contributed by atoms with Crippen LogP contribution in [0.15, 0.2) is 0 Å². The first-order valence-electron chi connectivity index (χ1n) is 5.62. The zero-order valence-corrected chi connectivity index (χ0v) is 10.1. The summed E-state index contributed by atoms with van der Waals surface area (Å²) in [4.78, 5) is 13.5. The minimum Gasteiger partial charge on any atom is -0.381 e. The molecule has 1 atom stereocenters. The number of carbonyl (C=O) groups is 1. The minimum atomic E-state index is -0.0854. The zero-order valence-electron chi connectivity index (χ0n) is 10.1. The van der Waals surface area contributed by atoms with Gasteiger partial charge in [-0.3, -0.25) is 4.79 Å². The maximum atomic E-state index is 11.7. The first-order valence-corrected chi connectivity index (χ1v) is 5.62. The molecule has 1 N–H and O–H groups in total. The van der Waals surface area contributed by atoms with E-state index in [0.717, 1.165) is 19.4 Å². The number of hydrogen-bond acceptors (Lipinski definition) is 3. The van der Waals surface area contributed by atoms with Gasteiger partial charge in [-0.15, -0.1) is 0 Å². The highest BCUT2D eigenvalue weighted by Gasteiger charge is 2.31. The van der Waals surface area contributed by atoms with Crippen molar-refractivity contribution in [3.05, 3.63) is 0 Å². The fourth-order valence-corrected chi connectivity index (χ4v) is 1.81. The van der Waals surface area contributed by atoms with Crippen molar-refractivity contribution in [3.63, 3.8) is 0 Å². The molecule has 4 heteroatoms. The van der Waals surface area contributed by atoms with Crippen LogP contribution < -0.4 is 5.32 Å². The number of methoxy groups -OCH3 is 1. The van der Waals surface area contributed by atoms with Gasteiger partial charge in [0.1, 0.15) is 0 Å². The van der Waals surface area contributed by atoms with Crippen molar-refractivity contribution in [1.82, 2.24) is 10.2 Å². The van der Waals surface area contributed by atoms with E-state index >= 15 is 0 Å². The number of ether oxygens (including phenoxy) is 1. The smallest absolute Gasteiger partial charge is 0.239 e. The van der Waals surface area contributed by atoms with E-state index in [1.807, 2.05) is 20.9 Å². The summed E-state index contributed by atoms with van der Waals surface area (Å²) >= 11 is 0. The topological polar surface area (TPSA) is 41.6 Å². The third-order valence-corrected chi connectivity index (χ3v) is 3.13. The summed E-state index contributed by atoms with van der Waals surface area (Å²) < 4.78 is 5.19. The molecule has 1 aliphatic carbocycles. The molecular formula is C11H22N2O2. The molecule has 1 aliphatic rings. The van der Waals surface area contributed by atoms with Gasteiger partial charge in [0.05, 0.1) is 12.1 Å². The van der Waals surface area contributed by atoms with Gasteiger partial charge >= 0.3 is 0 Å². The fourth-order valence-electron chi connectivity index (χ4n) is 1.81. The highest BCUT2D eigenvalue weighted by Crippen LogP contribution is 2.22. The minimum absolute atomic E-state index is 0.0854. The van der Waals surface area contributed by atoms with Crippen molar-refractivity contribution in [1.29, 1.82) is 0 Å². The van der Waals surface area contributed by atoms with Crippen LogP contribution in [0, 0.1) is 0 Å². The summed E-state index contributed by atoms with van der Waals surface area (Å²) in [6.07, 6.45) is 2.42. The predicted octanol–water partition coefficient (Wildman–Crippen LogP) is 0.620. The van der Waals surface area contributed by atoms with E-state index in [1.54, 1.807) is 12.0 Å². The highest BCUT2D eigenvalue weighted by molar-refractivity contribution is 5.81. The van der Waals surface area contributed by atoms with Crippen LogP contribution in [0.1, 0.15) is 26.7 Å². The molecule has 0 saturated heterocycles. The molecule has 15 heavy (non-hydrogen) atoms. The van der Waals surface area contributed by atoms with Crippen molar-refractivity contribution < 1.29 is 9.53 Å². The van der Waals surface area contributed by atoms with Crippen LogP contribution in [0.3, 0.4) is 0 Å². The lowest BCUT2D eigenvalue weighted by Gasteiger charge is -2.37. The van der Waals surface area contributed by atoms with Gasteiger partial charge in [-0.25, -0.2) is 0 Å². The number of likely N-dealkylation sites (N-methyl/N-ethyl adjacent to an activating group) is 1. The van der Waals surface area contributed by atoms with E-state index in [0.29, 0.717) is 12.1 Å². The highest BCUT2D eigenvalue weighted by atomic mass is 16.5. The van der Waals surface area contributed by atoms with Gasteiger partial charge < -0.3 is 15.0 Å². The summed E-state index contributed by atoms with van der Waals surface area (Å²) in [5, 5.41) is 3.32. The molecule has 0 bridgehead atoms. The van der Waals surface area contributed by atoms with Gasteiger partial charge in [0.2, 0.25) is 5.91 Å². The number of nitrogens with one attached hydrogen (secondary N) is 1. The fraction of sp³-hybridized carbons (Fsp3) is 0.909.